The van der Waals surface area contributed by atoms with Crippen LogP contribution >= 0.6 is 11.3 Å². The fourth-order valence-corrected chi connectivity index (χ4v) is 4.90. The molecule has 3 aromatic heterocycles. The van der Waals surface area contributed by atoms with Gasteiger partial charge in [0.15, 0.2) is 17.5 Å². The molecule has 0 bridgehead atoms. The molecule has 5 rings (SSSR count). The van der Waals surface area contributed by atoms with Crippen LogP contribution in [0, 0.1) is 0 Å². The molecule has 0 N–H and O–H groups in total. The summed E-state index contributed by atoms with van der Waals surface area (Å²) in [5, 5.41) is 2.06. The first-order valence-corrected chi connectivity index (χ1v) is 11.8. The molecule has 0 amide bonds. The number of oxazole rings is 1. The molecule has 4 heterocycles. The third-order valence-corrected chi connectivity index (χ3v) is 6.97. The van der Waals surface area contributed by atoms with Gasteiger partial charge in [-0.05, 0) is 29.5 Å². The zero-order valence-corrected chi connectivity index (χ0v) is 19.2. The van der Waals surface area contributed by atoms with Crippen LogP contribution in [-0.2, 0) is 6.54 Å². The number of allylic oxidation sites excluding steroid dienone is 2. The molecule has 0 saturated heterocycles. The van der Waals surface area contributed by atoms with Crippen LogP contribution in [0.15, 0.2) is 70.3 Å². The highest BCUT2D eigenvalue weighted by molar-refractivity contribution is 7.13. The fourth-order valence-electron chi connectivity index (χ4n) is 4.17. The van der Waals surface area contributed by atoms with Crippen molar-refractivity contribution in [1.82, 2.24) is 14.5 Å². The molecule has 0 radical (unpaired) electrons. The Balaban J connectivity index is 1.36. The number of carbonyl (C=O) groups excluding carboxylic acids is 1. The highest BCUT2D eigenvalue weighted by Crippen LogP contribution is 2.35. The number of rotatable bonds is 5. The van der Waals surface area contributed by atoms with Gasteiger partial charge in [-0.25, -0.2) is 9.97 Å². The molecule has 6 heteroatoms. The Bertz CT molecular complexity index is 1280. The van der Waals surface area contributed by atoms with Gasteiger partial charge in [-0.2, -0.15) is 0 Å². The van der Waals surface area contributed by atoms with E-state index in [-0.39, 0.29) is 17.6 Å². The van der Waals surface area contributed by atoms with E-state index in [1.165, 1.54) is 4.88 Å². The van der Waals surface area contributed by atoms with Crippen molar-refractivity contribution >= 4 is 17.1 Å². The molecule has 0 fully saturated rings. The Labute approximate surface area is 191 Å². The van der Waals surface area contributed by atoms with Crippen molar-refractivity contribution in [2.45, 2.75) is 45.6 Å². The zero-order valence-electron chi connectivity index (χ0n) is 18.4. The van der Waals surface area contributed by atoms with Gasteiger partial charge in [0.25, 0.3) is 0 Å². The SMILES string of the molecule is CC(C)c1nc(-c2ncc3n2CC/C(=C/C(=O)c2ccc(-c4cccs4)cc2)[C@@H]3C)co1. The average Bonchev–Trinajstić information content (AvgIpc) is 3.56. The van der Waals surface area contributed by atoms with Crippen LogP contribution in [-0.4, -0.2) is 20.3 Å². The van der Waals surface area contributed by atoms with Crippen molar-refractivity contribution in [1.29, 1.82) is 0 Å². The highest BCUT2D eigenvalue weighted by Gasteiger charge is 2.26. The van der Waals surface area contributed by atoms with Crippen molar-refractivity contribution in [3.05, 3.63) is 83.0 Å². The Kier molecular flexibility index (Phi) is 5.39. The maximum atomic E-state index is 12.9. The van der Waals surface area contributed by atoms with Crippen LogP contribution < -0.4 is 0 Å². The molecule has 4 aromatic rings. The van der Waals surface area contributed by atoms with Crippen LogP contribution in [0.2, 0.25) is 0 Å². The van der Waals surface area contributed by atoms with Crippen LogP contribution in [0.3, 0.4) is 0 Å². The standard InChI is InChI=1S/C26H25N3O2S/c1-16(2)26-28-21(15-31-26)25-27-14-22-17(3)20(10-11-29(22)25)13-23(30)18-6-8-19(9-7-18)24-5-4-12-32-24/h4-9,12-17H,10-11H2,1-3H3/b20-13-/t17-/m0/s1. The second-order valence-corrected chi connectivity index (χ2v) is 9.44. The van der Waals surface area contributed by atoms with Gasteiger partial charge in [0.1, 0.15) is 12.0 Å². The van der Waals surface area contributed by atoms with E-state index >= 15 is 0 Å². The lowest BCUT2D eigenvalue weighted by molar-refractivity contribution is 0.104. The second kappa shape index (κ2) is 8.36. The van der Waals surface area contributed by atoms with Gasteiger partial charge in [-0.15, -0.1) is 11.3 Å². The van der Waals surface area contributed by atoms with E-state index in [0.29, 0.717) is 5.56 Å². The molecule has 1 atom stereocenters. The Hall–Kier alpha value is -3.25. The topological polar surface area (TPSA) is 60.9 Å². The summed E-state index contributed by atoms with van der Waals surface area (Å²) in [5.74, 6) is 1.96. The molecule has 0 aliphatic carbocycles. The maximum absolute atomic E-state index is 12.9. The van der Waals surface area contributed by atoms with E-state index in [9.17, 15) is 4.79 Å². The first kappa shape index (κ1) is 20.6. The van der Waals surface area contributed by atoms with Crippen molar-refractivity contribution in [2.75, 3.05) is 0 Å². The Morgan fingerprint density at radius 1 is 1.25 bits per heavy atom. The minimum absolute atomic E-state index is 0.0517. The molecule has 162 valence electrons. The predicted octanol–water partition coefficient (Wildman–Crippen LogP) is 6.71. The van der Waals surface area contributed by atoms with Gasteiger partial charge < -0.3 is 8.98 Å². The molecule has 0 spiro atoms. The summed E-state index contributed by atoms with van der Waals surface area (Å²) in [5.41, 5.74) is 4.86. The van der Waals surface area contributed by atoms with Crippen molar-refractivity contribution in [2.24, 2.45) is 0 Å². The number of benzene rings is 1. The molecular formula is C26H25N3O2S. The number of thiophene rings is 1. The smallest absolute Gasteiger partial charge is 0.197 e. The van der Waals surface area contributed by atoms with Crippen molar-refractivity contribution in [3.63, 3.8) is 0 Å². The minimum atomic E-state index is 0.0517. The molecule has 1 aliphatic heterocycles. The van der Waals surface area contributed by atoms with Gasteiger partial charge in [0.2, 0.25) is 0 Å². The molecule has 1 aromatic carbocycles. The van der Waals surface area contributed by atoms with Gasteiger partial charge in [-0.3, -0.25) is 4.79 Å². The number of aromatic nitrogens is 3. The first-order chi connectivity index (χ1) is 15.5. The maximum Gasteiger partial charge on any atom is 0.197 e. The summed E-state index contributed by atoms with van der Waals surface area (Å²) >= 11 is 1.70. The number of fused-ring (bicyclic) bond motifs is 1. The van der Waals surface area contributed by atoms with Crippen LogP contribution in [0.1, 0.15) is 61.0 Å². The molecule has 0 saturated carbocycles. The second-order valence-electron chi connectivity index (χ2n) is 8.49. The monoisotopic (exact) mass is 443 g/mol. The van der Waals surface area contributed by atoms with Crippen LogP contribution in [0.4, 0.5) is 0 Å². The number of hydrogen-bond acceptors (Lipinski definition) is 5. The lowest BCUT2D eigenvalue weighted by Gasteiger charge is -2.25. The quantitative estimate of drug-likeness (QED) is 0.254. The third-order valence-electron chi connectivity index (χ3n) is 6.05. The summed E-state index contributed by atoms with van der Waals surface area (Å²) in [6.07, 6.45) is 6.21. The lowest BCUT2D eigenvalue weighted by atomic mass is 9.90. The Morgan fingerprint density at radius 3 is 2.75 bits per heavy atom. The van der Waals surface area contributed by atoms with E-state index in [1.54, 1.807) is 17.6 Å². The Morgan fingerprint density at radius 2 is 2.06 bits per heavy atom. The summed E-state index contributed by atoms with van der Waals surface area (Å²) in [4.78, 5) is 23.4. The number of imidazole rings is 1. The van der Waals surface area contributed by atoms with Gasteiger partial charge >= 0.3 is 0 Å². The molecular weight excluding hydrogens is 418 g/mol. The van der Waals surface area contributed by atoms with E-state index in [2.05, 4.69) is 46.8 Å². The average molecular weight is 444 g/mol. The summed E-state index contributed by atoms with van der Waals surface area (Å²) in [6, 6.07) is 12.0. The van der Waals surface area contributed by atoms with Crippen molar-refractivity contribution < 1.29 is 9.21 Å². The molecule has 0 unspecified atom stereocenters. The highest BCUT2D eigenvalue weighted by atomic mass is 32.1. The largest absolute Gasteiger partial charge is 0.448 e. The van der Waals surface area contributed by atoms with Crippen molar-refractivity contribution in [3.8, 4) is 22.0 Å². The van der Waals surface area contributed by atoms with E-state index < -0.39 is 0 Å². The number of hydrogen-bond donors (Lipinski definition) is 0. The molecule has 1 aliphatic rings. The number of ketones is 1. The van der Waals surface area contributed by atoms with Gasteiger partial charge in [0, 0.05) is 40.7 Å². The molecule has 32 heavy (non-hydrogen) atoms. The minimum Gasteiger partial charge on any atom is -0.448 e. The summed E-state index contributed by atoms with van der Waals surface area (Å²) in [7, 11) is 0. The van der Waals surface area contributed by atoms with Crippen LogP contribution in [0.5, 0.6) is 0 Å². The molecule has 5 nitrogen and oxygen atoms in total. The van der Waals surface area contributed by atoms with Gasteiger partial charge in [-0.1, -0.05) is 56.7 Å². The van der Waals surface area contributed by atoms with E-state index in [1.807, 2.05) is 42.6 Å². The predicted molar refractivity (Wildman–Crippen MR) is 127 cm³/mol. The lowest BCUT2D eigenvalue weighted by Crippen LogP contribution is -2.17. The fraction of sp³-hybridized carbons (Fsp3) is 0.269. The van der Waals surface area contributed by atoms with E-state index in [4.69, 9.17) is 4.42 Å². The number of nitrogens with zero attached hydrogens (tertiary/aromatic N) is 3. The van der Waals surface area contributed by atoms with Crippen LogP contribution in [0.25, 0.3) is 22.0 Å². The normalized spacial score (nSPS) is 17.1. The number of carbonyl (C=O) groups is 1. The zero-order chi connectivity index (χ0) is 22.2. The van der Waals surface area contributed by atoms with Gasteiger partial charge in [0.05, 0.1) is 0 Å². The third kappa shape index (κ3) is 3.75. The van der Waals surface area contributed by atoms with E-state index in [0.717, 1.165) is 47.2 Å². The summed E-state index contributed by atoms with van der Waals surface area (Å²) < 4.78 is 7.80. The summed E-state index contributed by atoms with van der Waals surface area (Å²) in [6.45, 7) is 7.03. The first-order valence-electron chi connectivity index (χ1n) is 10.9.